The number of nitrogens with one attached hydrogen (secondary N) is 1. The van der Waals surface area contributed by atoms with E-state index in [1.165, 1.54) is 4.90 Å². The molecule has 1 aliphatic carbocycles. The van der Waals surface area contributed by atoms with Crippen molar-refractivity contribution in [1.82, 2.24) is 10.2 Å². The monoisotopic (exact) mass is 302 g/mol. The fourth-order valence-corrected chi connectivity index (χ4v) is 2.82. The molecule has 3 rings (SSSR count). The number of carboxylic acid groups (broad SMARTS) is 1. The van der Waals surface area contributed by atoms with Crippen molar-refractivity contribution in [1.29, 1.82) is 0 Å². The van der Waals surface area contributed by atoms with Crippen LogP contribution in [0.2, 0.25) is 0 Å². The average Bonchev–Trinajstić information content (AvgIpc) is 3.18. The smallest absolute Gasteiger partial charge is 0.407 e. The fraction of sp³-hybridized carbons (Fsp3) is 0.375. The molecule has 1 aromatic carbocycles. The van der Waals surface area contributed by atoms with Crippen LogP contribution in [0.1, 0.15) is 12.0 Å². The Morgan fingerprint density at radius 1 is 1.36 bits per heavy atom. The summed E-state index contributed by atoms with van der Waals surface area (Å²) in [6.07, 6.45) is 3.07. The molecule has 6 nitrogen and oxygen atoms in total. The summed E-state index contributed by atoms with van der Waals surface area (Å²) in [7, 11) is 0. The number of fused-ring (bicyclic) bond motifs is 1. The van der Waals surface area contributed by atoms with E-state index in [2.05, 4.69) is 5.32 Å². The van der Waals surface area contributed by atoms with E-state index in [-0.39, 0.29) is 12.5 Å². The SMILES string of the molecule is O=C(NC12CC1C=CCN(C(=O)O)C2)OCc1ccccc1. The third kappa shape index (κ3) is 3.05. The third-order valence-electron chi connectivity index (χ3n) is 4.14. The zero-order valence-electron chi connectivity index (χ0n) is 12.1. The van der Waals surface area contributed by atoms with Crippen LogP contribution in [0, 0.1) is 5.92 Å². The molecule has 2 N–H and O–H groups in total. The first-order valence-electron chi connectivity index (χ1n) is 7.22. The molecule has 2 aliphatic rings. The summed E-state index contributed by atoms with van der Waals surface area (Å²) in [5.74, 6) is 0.182. The number of rotatable bonds is 3. The van der Waals surface area contributed by atoms with Gasteiger partial charge in [-0.25, -0.2) is 9.59 Å². The molecule has 0 saturated heterocycles. The van der Waals surface area contributed by atoms with Gasteiger partial charge in [0.25, 0.3) is 0 Å². The standard InChI is InChI=1S/C16H18N2O4/c19-14(22-10-12-5-2-1-3-6-12)17-16-9-13(16)7-4-8-18(11-16)15(20)21/h1-7,13H,8-11H2,(H,17,19)(H,20,21). The highest BCUT2D eigenvalue weighted by Gasteiger charge is 2.56. The van der Waals surface area contributed by atoms with E-state index in [4.69, 9.17) is 9.84 Å². The molecule has 2 atom stereocenters. The minimum Gasteiger partial charge on any atom is -0.465 e. The van der Waals surface area contributed by atoms with Gasteiger partial charge in [-0.15, -0.1) is 0 Å². The van der Waals surface area contributed by atoms with Crippen LogP contribution in [0.3, 0.4) is 0 Å². The summed E-state index contributed by atoms with van der Waals surface area (Å²) in [6.45, 7) is 0.848. The quantitative estimate of drug-likeness (QED) is 0.839. The Morgan fingerprint density at radius 2 is 2.14 bits per heavy atom. The molecule has 2 unspecified atom stereocenters. The molecular formula is C16H18N2O4. The van der Waals surface area contributed by atoms with Crippen LogP contribution < -0.4 is 5.32 Å². The van der Waals surface area contributed by atoms with E-state index in [1.807, 2.05) is 42.5 Å². The van der Waals surface area contributed by atoms with Crippen molar-refractivity contribution in [3.63, 3.8) is 0 Å². The van der Waals surface area contributed by atoms with Gasteiger partial charge in [0, 0.05) is 19.0 Å². The molecule has 1 saturated carbocycles. The van der Waals surface area contributed by atoms with Crippen LogP contribution in [0.5, 0.6) is 0 Å². The molecule has 2 amide bonds. The van der Waals surface area contributed by atoms with Crippen molar-refractivity contribution in [3.05, 3.63) is 48.0 Å². The number of amides is 2. The lowest BCUT2D eigenvalue weighted by Crippen LogP contribution is -2.48. The Morgan fingerprint density at radius 3 is 2.86 bits per heavy atom. The zero-order chi connectivity index (χ0) is 15.6. The number of carbonyl (C=O) groups excluding carboxylic acids is 1. The first kappa shape index (κ1) is 14.4. The van der Waals surface area contributed by atoms with E-state index < -0.39 is 17.7 Å². The lowest BCUT2D eigenvalue weighted by atomic mass is 10.2. The van der Waals surface area contributed by atoms with Crippen molar-refractivity contribution >= 4 is 12.2 Å². The minimum absolute atomic E-state index is 0.182. The predicted octanol–water partition coefficient (Wildman–Crippen LogP) is 2.22. The highest BCUT2D eigenvalue weighted by molar-refractivity contribution is 5.70. The molecule has 0 bridgehead atoms. The van der Waals surface area contributed by atoms with Crippen LogP contribution in [0.15, 0.2) is 42.5 Å². The summed E-state index contributed by atoms with van der Waals surface area (Å²) in [4.78, 5) is 24.4. The van der Waals surface area contributed by atoms with E-state index in [1.54, 1.807) is 0 Å². The molecule has 1 aliphatic heterocycles. The van der Waals surface area contributed by atoms with Crippen molar-refractivity contribution in [3.8, 4) is 0 Å². The molecule has 6 heteroatoms. The Kier molecular flexibility index (Phi) is 3.75. The van der Waals surface area contributed by atoms with Crippen LogP contribution in [-0.2, 0) is 11.3 Å². The van der Waals surface area contributed by atoms with Gasteiger partial charge < -0.3 is 20.1 Å². The van der Waals surface area contributed by atoms with Gasteiger partial charge in [-0.05, 0) is 12.0 Å². The summed E-state index contributed by atoms with van der Waals surface area (Å²) < 4.78 is 5.22. The molecule has 1 heterocycles. The van der Waals surface area contributed by atoms with E-state index in [9.17, 15) is 9.59 Å². The van der Waals surface area contributed by atoms with Gasteiger partial charge in [0.15, 0.2) is 0 Å². The number of alkyl carbamates (subject to hydrolysis) is 1. The van der Waals surface area contributed by atoms with Crippen LogP contribution in [0.25, 0.3) is 0 Å². The summed E-state index contributed by atoms with van der Waals surface area (Å²) in [5.41, 5.74) is 0.398. The number of hydrogen-bond acceptors (Lipinski definition) is 3. The average molecular weight is 302 g/mol. The zero-order valence-corrected chi connectivity index (χ0v) is 12.1. The first-order chi connectivity index (χ1) is 10.6. The largest absolute Gasteiger partial charge is 0.465 e. The van der Waals surface area contributed by atoms with Gasteiger partial charge in [-0.1, -0.05) is 42.5 Å². The Balaban J connectivity index is 1.57. The number of ether oxygens (including phenoxy) is 1. The Hall–Kier alpha value is -2.50. The summed E-state index contributed by atoms with van der Waals surface area (Å²) >= 11 is 0. The maximum absolute atomic E-state index is 12.0. The normalized spacial score (nSPS) is 25.8. The van der Waals surface area contributed by atoms with Crippen LogP contribution >= 0.6 is 0 Å². The van der Waals surface area contributed by atoms with Gasteiger partial charge >= 0.3 is 12.2 Å². The van der Waals surface area contributed by atoms with Crippen molar-refractivity contribution in [2.75, 3.05) is 13.1 Å². The highest BCUT2D eigenvalue weighted by atomic mass is 16.5. The van der Waals surface area contributed by atoms with E-state index in [0.29, 0.717) is 13.1 Å². The predicted molar refractivity (Wildman–Crippen MR) is 79.3 cm³/mol. The summed E-state index contributed by atoms with van der Waals surface area (Å²) in [6, 6.07) is 9.42. The van der Waals surface area contributed by atoms with Crippen molar-refractivity contribution < 1.29 is 19.4 Å². The maximum Gasteiger partial charge on any atom is 0.407 e. The van der Waals surface area contributed by atoms with E-state index in [0.717, 1.165) is 12.0 Å². The molecule has 1 aromatic rings. The molecule has 0 aromatic heterocycles. The van der Waals surface area contributed by atoms with Gasteiger partial charge in [-0.3, -0.25) is 0 Å². The van der Waals surface area contributed by atoms with Gasteiger partial charge in [-0.2, -0.15) is 0 Å². The van der Waals surface area contributed by atoms with Gasteiger partial charge in [0.2, 0.25) is 0 Å². The first-order valence-corrected chi connectivity index (χ1v) is 7.22. The second-order valence-electron chi connectivity index (χ2n) is 5.74. The number of benzene rings is 1. The lowest BCUT2D eigenvalue weighted by molar-refractivity contribution is 0.123. The van der Waals surface area contributed by atoms with Crippen molar-refractivity contribution in [2.24, 2.45) is 5.92 Å². The molecule has 1 fully saturated rings. The lowest BCUT2D eigenvalue weighted by Gasteiger charge is -2.24. The Labute approximate surface area is 128 Å². The second-order valence-corrected chi connectivity index (χ2v) is 5.74. The van der Waals surface area contributed by atoms with Crippen molar-refractivity contribution in [2.45, 2.75) is 18.6 Å². The number of nitrogens with zero attached hydrogens (tertiary/aromatic N) is 1. The van der Waals surface area contributed by atoms with Gasteiger partial charge in [0.05, 0.1) is 5.54 Å². The minimum atomic E-state index is -0.976. The molecule has 22 heavy (non-hydrogen) atoms. The number of carbonyl (C=O) groups is 2. The number of hydrogen-bond donors (Lipinski definition) is 2. The van der Waals surface area contributed by atoms with E-state index >= 15 is 0 Å². The summed E-state index contributed by atoms with van der Waals surface area (Å²) in [5, 5.41) is 12.0. The second kappa shape index (κ2) is 5.71. The Bertz CT molecular complexity index is 601. The van der Waals surface area contributed by atoms with Gasteiger partial charge in [0.1, 0.15) is 6.61 Å². The fourth-order valence-electron chi connectivity index (χ4n) is 2.82. The molecule has 0 spiro atoms. The third-order valence-corrected chi connectivity index (χ3v) is 4.14. The maximum atomic E-state index is 12.0. The topological polar surface area (TPSA) is 78.9 Å². The molecule has 116 valence electrons. The molecule has 0 radical (unpaired) electrons. The molecular weight excluding hydrogens is 284 g/mol. The highest BCUT2D eigenvalue weighted by Crippen LogP contribution is 2.46. The van der Waals surface area contributed by atoms with Crippen LogP contribution in [-0.4, -0.2) is 40.8 Å². The van der Waals surface area contributed by atoms with Crippen LogP contribution in [0.4, 0.5) is 9.59 Å².